The summed E-state index contributed by atoms with van der Waals surface area (Å²) in [5.41, 5.74) is 14.6. The molecule has 2 heteroatoms. The minimum Gasteiger partial charge on any atom is -0.398 e. The molecule has 0 unspecified atom stereocenters. The molecule has 0 spiro atoms. The fourth-order valence-electron chi connectivity index (χ4n) is 5.90. The van der Waals surface area contributed by atoms with Gasteiger partial charge in [0.1, 0.15) is 0 Å². The fraction of sp³-hybridized carbons (Fsp3) is 0.0750. The molecule has 0 saturated heterocycles. The van der Waals surface area contributed by atoms with Crippen molar-refractivity contribution in [3.8, 4) is 11.1 Å². The van der Waals surface area contributed by atoms with E-state index in [1.54, 1.807) is 0 Å². The minimum absolute atomic E-state index is 0.766. The van der Waals surface area contributed by atoms with E-state index in [1.165, 1.54) is 48.9 Å². The second-order valence-electron chi connectivity index (χ2n) is 10.5. The molecular weight excluding hydrogens is 508 g/mol. The molecule has 0 aliphatic heterocycles. The Kier molecular flexibility index (Phi) is 7.79. The molecule has 0 aliphatic carbocycles. The summed E-state index contributed by atoms with van der Waals surface area (Å²) in [5, 5.41) is 7.16. The standard InChI is InChI=1S/C40H34N2/c1-3-11-28(4-2)39(32-22-24-42-25-23-32)35-16-9-7-12-29(35)18-20-31-21-19-30-13-8-10-17-36(30)40(31)37-26-33-14-5-6-15-34(33)27-38(37)41/h3-19,21-27H,20,41H2,1-2H3/b11-3-,28-4+,29-18+,39-35+. The molecule has 204 valence electrons. The lowest BCUT2D eigenvalue weighted by Gasteiger charge is -2.16. The summed E-state index contributed by atoms with van der Waals surface area (Å²) >= 11 is 0. The summed E-state index contributed by atoms with van der Waals surface area (Å²) in [5.74, 6) is 0. The van der Waals surface area contributed by atoms with Crippen LogP contribution in [-0.2, 0) is 6.42 Å². The lowest BCUT2D eigenvalue weighted by atomic mass is 9.89. The first-order valence-corrected chi connectivity index (χ1v) is 14.5. The van der Waals surface area contributed by atoms with Gasteiger partial charge in [-0.1, -0.05) is 109 Å². The Balaban J connectivity index is 1.59. The van der Waals surface area contributed by atoms with E-state index in [-0.39, 0.29) is 0 Å². The van der Waals surface area contributed by atoms with Gasteiger partial charge < -0.3 is 5.73 Å². The molecular formula is C40H34N2. The second kappa shape index (κ2) is 12.1. The number of pyridine rings is 1. The van der Waals surface area contributed by atoms with Crippen LogP contribution < -0.4 is 16.2 Å². The van der Waals surface area contributed by atoms with Crippen LogP contribution in [0.5, 0.6) is 0 Å². The third-order valence-electron chi connectivity index (χ3n) is 7.89. The predicted octanol–water partition coefficient (Wildman–Crippen LogP) is 8.38. The highest BCUT2D eigenvalue weighted by atomic mass is 14.6. The number of nitrogen functional groups attached to an aromatic ring is 1. The number of nitrogens with zero attached hydrogens (tertiary/aromatic N) is 1. The second-order valence-corrected chi connectivity index (χ2v) is 10.5. The third kappa shape index (κ3) is 5.27. The van der Waals surface area contributed by atoms with Gasteiger partial charge in [-0.3, -0.25) is 4.98 Å². The molecule has 0 bridgehead atoms. The molecule has 0 fully saturated rings. The van der Waals surface area contributed by atoms with E-state index in [4.69, 9.17) is 5.73 Å². The summed E-state index contributed by atoms with van der Waals surface area (Å²) in [7, 11) is 0. The molecule has 0 amide bonds. The van der Waals surface area contributed by atoms with Gasteiger partial charge in [0.05, 0.1) is 0 Å². The van der Waals surface area contributed by atoms with E-state index in [0.717, 1.165) is 28.6 Å². The van der Waals surface area contributed by atoms with Crippen LogP contribution in [0.4, 0.5) is 5.69 Å². The summed E-state index contributed by atoms with van der Waals surface area (Å²) in [6.07, 6.45) is 13.3. The van der Waals surface area contributed by atoms with E-state index in [2.05, 4.69) is 152 Å². The van der Waals surface area contributed by atoms with E-state index in [1.807, 2.05) is 12.4 Å². The van der Waals surface area contributed by atoms with Gasteiger partial charge in [0.2, 0.25) is 0 Å². The summed E-state index contributed by atoms with van der Waals surface area (Å²) < 4.78 is 0. The molecule has 1 aromatic heterocycles. The van der Waals surface area contributed by atoms with Crippen LogP contribution in [0.25, 0.3) is 44.3 Å². The average Bonchev–Trinajstić information content (AvgIpc) is 3.04. The Hall–Kier alpha value is -5.21. The SMILES string of the molecule is C\C=C/C(=C\C)C(/c1ccncc1)=c1/cccc/c1=C\Cc1ccc2ccccc2c1-c1cc2ccccc2cc1N. The summed E-state index contributed by atoms with van der Waals surface area (Å²) in [6, 6.07) is 38.7. The maximum atomic E-state index is 6.76. The van der Waals surface area contributed by atoms with Crippen LogP contribution in [0.3, 0.4) is 0 Å². The highest BCUT2D eigenvalue weighted by Crippen LogP contribution is 2.38. The predicted molar refractivity (Wildman–Crippen MR) is 180 cm³/mol. The molecule has 42 heavy (non-hydrogen) atoms. The van der Waals surface area contributed by atoms with E-state index in [0.29, 0.717) is 0 Å². The normalized spacial score (nSPS) is 13.3. The molecule has 0 saturated carbocycles. The molecule has 0 aliphatic rings. The number of aromatic nitrogens is 1. The van der Waals surface area contributed by atoms with E-state index >= 15 is 0 Å². The maximum Gasteiger partial charge on any atom is 0.0400 e. The molecule has 6 rings (SSSR count). The number of rotatable bonds is 6. The van der Waals surface area contributed by atoms with Crippen molar-refractivity contribution in [3.05, 3.63) is 167 Å². The highest BCUT2D eigenvalue weighted by Gasteiger charge is 2.14. The molecule has 2 N–H and O–H groups in total. The summed E-state index contributed by atoms with van der Waals surface area (Å²) in [4.78, 5) is 4.27. The van der Waals surface area contributed by atoms with Crippen molar-refractivity contribution in [3.63, 3.8) is 0 Å². The number of nitrogens with two attached hydrogens (primary N) is 1. The van der Waals surface area contributed by atoms with Gasteiger partial charge in [0.25, 0.3) is 0 Å². The van der Waals surface area contributed by atoms with Crippen molar-refractivity contribution >= 4 is 38.9 Å². The lowest BCUT2D eigenvalue weighted by molar-refractivity contribution is 1.30. The Bertz CT molecular complexity index is 2080. The largest absolute Gasteiger partial charge is 0.398 e. The zero-order valence-corrected chi connectivity index (χ0v) is 24.1. The van der Waals surface area contributed by atoms with Gasteiger partial charge in [0, 0.05) is 23.6 Å². The Labute approximate surface area is 247 Å². The molecule has 0 atom stereocenters. The van der Waals surface area contributed by atoms with Gasteiger partial charge >= 0.3 is 0 Å². The molecule has 0 radical (unpaired) electrons. The Morgan fingerprint density at radius 2 is 1.43 bits per heavy atom. The van der Waals surface area contributed by atoms with Crippen molar-refractivity contribution in [2.24, 2.45) is 0 Å². The fourth-order valence-corrected chi connectivity index (χ4v) is 5.90. The van der Waals surface area contributed by atoms with Crippen molar-refractivity contribution in [1.29, 1.82) is 0 Å². The van der Waals surface area contributed by atoms with E-state index in [9.17, 15) is 0 Å². The number of allylic oxidation sites excluding steroid dienone is 4. The third-order valence-corrected chi connectivity index (χ3v) is 7.89. The van der Waals surface area contributed by atoms with Crippen molar-refractivity contribution in [2.45, 2.75) is 20.3 Å². The number of anilines is 1. The van der Waals surface area contributed by atoms with Crippen molar-refractivity contribution in [2.75, 3.05) is 5.73 Å². The first-order chi connectivity index (χ1) is 20.7. The van der Waals surface area contributed by atoms with Gasteiger partial charge in [-0.15, -0.1) is 0 Å². The topological polar surface area (TPSA) is 38.9 Å². The van der Waals surface area contributed by atoms with Crippen LogP contribution in [0, 0.1) is 0 Å². The van der Waals surface area contributed by atoms with Crippen LogP contribution in [-0.4, -0.2) is 4.98 Å². The first kappa shape index (κ1) is 27.0. The van der Waals surface area contributed by atoms with Crippen LogP contribution in [0.15, 0.2) is 145 Å². The monoisotopic (exact) mass is 542 g/mol. The maximum absolute atomic E-state index is 6.76. The lowest BCUT2D eigenvalue weighted by Crippen LogP contribution is -2.27. The van der Waals surface area contributed by atoms with E-state index < -0.39 is 0 Å². The van der Waals surface area contributed by atoms with Crippen molar-refractivity contribution in [1.82, 2.24) is 4.98 Å². The highest BCUT2D eigenvalue weighted by molar-refractivity contribution is 6.04. The number of fused-ring (bicyclic) bond motifs is 2. The van der Waals surface area contributed by atoms with Crippen LogP contribution >= 0.6 is 0 Å². The zero-order chi connectivity index (χ0) is 28.9. The average molecular weight is 543 g/mol. The van der Waals surface area contributed by atoms with Gasteiger partial charge in [-0.05, 0) is 104 Å². The molecule has 5 aromatic carbocycles. The summed E-state index contributed by atoms with van der Waals surface area (Å²) in [6.45, 7) is 4.16. The quantitative estimate of drug-likeness (QED) is 0.170. The van der Waals surface area contributed by atoms with Crippen LogP contribution in [0.2, 0.25) is 0 Å². The zero-order valence-electron chi connectivity index (χ0n) is 24.1. The first-order valence-electron chi connectivity index (χ1n) is 14.5. The Morgan fingerprint density at radius 1 is 0.738 bits per heavy atom. The van der Waals surface area contributed by atoms with Gasteiger partial charge in [-0.2, -0.15) is 0 Å². The molecule has 1 heterocycles. The molecule has 6 aromatic rings. The Morgan fingerprint density at radius 3 is 2.19 bits per heavy atom. The van der Waals surface area contributed by atoms with Crippen molar-refractivity contribution < 1.29 is 0 Å². The smallest absolute Gasteiger partial charge is 0.0400 e. The molecule has 2 nitrogen and oxygen atoms in total. The minimum atomic E-state index is 0.766. The van der Waals surface area contributed by atoms with Gasteiger partial charge in [0.15, 0.2) is 0 Å². The number of hydrogen-bond donors (Lipinski definition) is 1. The van der Waals surface area contributed by atoms with Crippen LogP contribution in [0.1, 0.15) is 25.0 Å². The number of hydrogen-bond acceptors (Lipinski definition) is 2. The number of benzene rings is 5. The van der Waals surface area contributed by atoms with Gasteiger partial charge in [-0.25, -0.2) is 0 Å².